The second-order valence-electron chi connectivity index (χ2n) is 3.34. The summed E-state index contributed by atoms with van der Waals surface area (Å²) < 4.78 is 5.56. The maximum atomic E-state index is 8.77. The van der Waals surface area contributed by atoms with Gasteiger partial charge in [0.25, 0.3) is 0 Å². The lowest BCUT2D eigenvalue weighted by Crippen LogP contribution is -2.13. The Morgan fingerprint density at radius 2 is 2.14 bits per heavy atom. The number of rotatable bonds is 3. The molecule has 1 rings (SSSR count). The second-order valence-corrected chi connectivity index (χ2v) is 3.34. The molecule has 0 spiro atoms. The quantitative estimate of drug-likeness (QED) is 0.732. The van der Waals surface area contributed by atoms with Crippen LogP contribution in [0.3, 0.4) is 0 Å². The van der Waals surface area contributed by atoms with Crippen LogP contribution < -0.4 is 4.74 Å². The van der Waals surface area contributed by atoms with Crippen LogP contribution in [-0.2, 0) is 0 Å². The molecule has 0 saturated carbocycles. The zero-order valence-corrected chi connectivity index (χ0v) is 8.87. The van der Waals surface area contributed by atoms with Crippen LogP contribution in [0.5, 0.6) is 5.75 Å². The number of nitriles is 1. The molecule has 0 heterocycles. The van der Waals surface area contributed by atoms with Gasteiger partial charge in [-0.3, -0.25) is 0 Å². The third kappa shape index (κ3) is 2.26. The maximum Gasteiger partial charge on any atom is 0.184 e. The van der Waals surface area contributed by atoms with Gasteiger partial charge in [-0.15, -0.1) is 0 Å². The first-order chi connectivity index (χ1) is 6.69. The maximum absolute atomic E-state index is 8.77. The van der Waals surface area contributed by atoms with Gasteiger partial charge in [0.05, 0.1) is 0 Å². The molecule has 0 fully saturated rings. The van der Waals surface area contributed by atoms with Crippen LogP contribution in [0.2, 0.25) is 0 Å². The first-order valence-corrected chi connectivity index (χ1v) is 4.81. The molecule has 0 N–H and O–H groups in total. The van der Waals surface area contributed by atoms with E-state index in [0.29, 0.717) is 6.42 Å². The first kappa shape index (κ1) is 10.6. The summed E-state index contributed by atoms with van der Waals surface area (Å²) in [5.41, 5.74) is 2.30. The van der Waals surface area contributed by atoms with Crippen molar-refractivity contribution >= 4 is 0 Å². The van der Waals surface area contributed by atoms with Gasteiger partial charge < -0.3 is 4.74 Å². The minimum absolute atomic E-state index is 0.338. The van der Waals surface area contributed by atoms with E-state index in [1.165, 1.54) is 5.56 Å². The van der Waals surface area contributed by atoms with Gasteiger partial charge in [-0.1, -0.05) is 19.1 Å². The van der Waals surface area contributed by atoms with Crippen LogP contribution in [0, 0.1) is 25.2 Å². The molecule has 1 aromatic carbocycles. The van der Waals surface area contributed by atoms with Crippen molar-refractivity contribution in [3.8, 4) is 11.8 Å². The Balaban J connectivity index is 2.87. The Morgan fingerprint density at radius 1 is 1.43 bits per heavy atom. The van der Waals surface area contributed by atoms with Crippen molar-refractivity contribution in [3.63, 3.8) is 0 Å². The van der Waals surface area contributed by atoms with E-state index in [0.717, 1.165) is 11.3 Å². The van der Waals surface area contributed by atoms with Crippen LogP contribution >= 0.6 is 0 Å². The van der Waals surface area contributed by atoms with E-state index in [4.69, 9.17) is 10.00 Å². The first-order valence-electron chi connectivity index (χ1n) is 4.81. The summed E-state index contributed by atoms with van der Waals surface area (Å²) in [4.78, 5) is 0. The third-order valence-electron chi connectivity index (χ3n) is 2.34. The Labute approximate surface area is 85.1 Å². The molecule has 0 radical (unpaired) electrons. The number of hydrogen-bond acceptors (Lipinski definition) is 2. The lowest BCUT2D eigenvalue weighted by Gasteiger charge is -2.13. The largest absolute Gasteiger partial charge is 0.475 e. The van der Waals surface area contributed by atoms with E-state index in [9.17, 15) is 0 Å². The topological polar surface area (TPSA) is 33.0 Å². The zero-order valence-electron chi connectivity index (χ0n) is 8.87. The molecule has 74 valence electrons. The molecule has 2 nitrogen and oxygen atoms in total. The summed E-state index contributed by atoms with van der Waals surface area (Å²) in [6, 6.07) is 8.01. The van der Waals surface area contributed by atoms with Crippen LogP contribution in [0.25, 0.3) is 0 Å². The number of nitrogens with zero attached hydrogens (tertiary/aromatic N) is 1. The standard InChI is InChI=1S/C12H15NO/c1-4-11(8-13)14-12-7-5-6-9(2)10(12)3/h5-7,11H,4H2,1-3H3. The van der Waals surface area contributed by atoms with E-state index in [1.54, 1.807) is 0 Å². The Kier molecular flexibility index (Phi) is 3.53. The average molecular weight is 189 g/mol. The number of benzene rings is 1. The Morgan fingerprint density at radius 3 is 2.71 bits per heavy atom. The molecule has 0 amide bonds. The molecule has 1 unspecified atom stereocenters. The normalized spacial score (nSPS) is 11.9. The molecule has 14 heavy (non-hydrogen) atoms. The molecule has 1 aromatic rings. The van der Waals surface area contributed by atoms with E-state index >= 15 is 0 Å². The number of aryl methyl sites for hydroxylation is 1. The van der Waals surface area contributed by atoms with Gasteiger partial charge in [0.1, 0.15) is 11.8 Å². The van der Waals surface area contributed by atoms with E-state index < -0.39 is 0 Å². The minimum atomic E-state index is -0.338. The van der Waals surface area contributed by atoms with Crippen molar-refractivity contribution in [1.29, 1.82) is 5.26 Å². The summed E-state index contributed by atoms with van der Waals surface area (Å²) in [7, 11) is 0. The predicted molar refractivity (Wildman–Crippen MR) is 56.2 cm³/mol. The van der Waals surface area contributed by atoms with Gasteiger partial charge in [0.15, 0.2) is 6.10 Å². The van der Waals surface area contributed by atoms with Gasteiger partial charge in [-0.2, -0.15) is 5.26 Å². The van der Waals surface area contributed by atoms with Crippen molar-refractivity contribution < 1.29 is 4.74 Å². The molecule has 0 aliphatic carbocycles. The summed E-state index contributed by atoms with van der Waals surface area (Å²) >= 11 is 0. The van der Waals surface area contributed by atoms with Crippen LogP contribution in [0.15, 0.2) is 18.2 Å². The molecule has 0 aliphatic rings. The molecular formula is C12H15NO. The van der Waals surface area contributed by atoms with Crippen LogP contribution in [0.1, 0.15) is 24.5 Å². The molecule has 1 atom stereocenters. The number of ether oxygens (including phenoxy) is 1. The predicted octanol–water partition coefficient (Wildman–Crippen LogP) is 2.98. The van der Waals surface area contributed by atoms with Gasteiger partial charge >= 0.3 is 0 Å². The smallest absolute Gasteiger partial charge is 0.184 e. The Hall–Kier alpha value is -1.49. The van der Waals surface area contributed by atoms with Crippen molar-refractivity contribution in [3.05, 3.63) is 29.3 Å². The van der Waals surface area contributed by atoms with Crippen molar-refractivity contribution in [2.75, 3.05) is 0 Å². The van der Waals surface area contributed by atoms with Gasteiger partial charge in [-0.25, -0.2) is 0 Å². The van der Waals surface area contributed by atoms with Crippen molar-refractivity contribution in [2.45, 2.75) is 33.3 Å². The Bertz CT molecular complexity index is 352. The molecule has 0 aliphatic heterocycles. The monoisotopic (exact) mass is 189 g/mol. The average Bonchev–Trinajstić information content (AvgIpc) is 2.20. The van der Waals surface area contributed by atoms with Crippen LogP contribution in [-0.4, -0.2) is 6.10 Å². The molecule has 2 heteroatoms. The van der Waals surface area contributed by atoms with E-state index in [2.05, 4.69) is 6.07 Å². The highest BCUT2D eigenvalue weighted by atomic mass is 16.5. The fraction of sp³-hybridized carbons (Fsp3) is 0.417. The lowest BCUT2D eigenvalue weighted by molar-refractivity contribution is 0.250. The summed E-state index contributed by atoms with van der Waals surface area (Å²) in [5.74, 6) is 0.818. The molecule has 0 saturated heterocycles. The van der Waals surface area contributed by atoms with Crippen molar-refractivity contribution in [1.82, 2.24) is 0 Å². The SMILES string of the molecule is CCC(C#N)Oc1cccc(C)c1C. The third-order valence-corrected chi connectivity index (χ3v) is 2.34. The second kappa shape index (κ2) is 4.66. The molecule has 0 aromatic heterocycles. The van der Waals surface area contributed by atoms with E-state index in [-0.39, 0.29) is 6.10 Å². The van der Waals surface area contributed by atoms with E-state index in [1.807, 2.05) is 39.0 Å². The highest BCUT2D eigenvalue weighted by molar-refractivity contribution is 5.38. The van der Waals surface area contributed by atoms with Crippen molar-refractivity contribution in [2.24, 2.45) is 0 Å². The zero-order chi connectivity index (χ0) is 10.6. The van der Waals surface area contributed by atoms with Gasteiger partial charge in [0.2, 0.25) is 0 Å². The van der Waals surface area contributed by atoms with Gasteiger partial charge in [-0.05, 0) is 37.5 Å². The summed E-state index contributed by atoms with van der Waals surface area (Å²) in [6.07, 6.45) is 0.375. The fourth-order valence-electron chi connectivity index (χ4n) is 1.21. The fourth-order valence-corrected chi connectivity index (χ4v) is 1.21. The van der Waals surface area contributed by atoms with Crippen LogP contribution in [0.4, 0.5) is 0 Å². The molecule has 0 bridgehead atoms. The van der Waals surface area contributed by atoms with Gasteiger partial charge in [0, 0.05) is 0 Å². The lowest BCUT2D eigenvalue weighted by atomic mass is 10.1. The minimum Gasteiger partial charge on any atom is -0.475 e. The molecular weight excluding hydrogens is 174 g/mol. The highest BCUT2D eigenvalue weighted by Crippen LogP contribution is 2.22. The summed E-state index contributed by atoms with van der Waals surface area (Å²) in [5, 5.41) is 8.77. The number of hydrogen-bond donors (Lipinski definition) is 0. The summed E-state index contributed by atoms with van der Waals surface area (Å²) in [6.45, 7) is 5.99. The highest BCUT2D eigenvalue weighted by Gasteiger charge is 2.08.